The van der Waals surface area contributed by atoms with E-state index in [1.54, 1.807) is 26.8 Å². The summed E-state index contributed by atoms with van der Waals surface area (Å²) in [4.78, 5) is 115. The van der Waals surface area contributed by atoms with Gasteiger partial charge >= 0.3 is 0 Å². The molecule has 8 fully saturated rings. The fourth-order valence-electron chi connectivity index (χ4n) is 15.5. The Kier molecular flexibility index (Phi) is 13.7. The third-order valence-corrected chi connectivity index (χ3v) is 20.4. The Morgan fingerprint density at radius 2 is 0.646 bits per heavy atom. The highest BCUT2D eigenvalue weighted by Crippen LogP contribution is 2.41. The van der Waals surface area contributed by atoms with Crippen LogP contribution in [-0.4, -0.2) is 165 Å². The Morgan fingerprint density at radius 3 is 0.979 bits per heavy atom. The molecule has 8 heterocycles. The van der Waals surface area contributed by atoms with Gasteiger partial charge in [0.2, 0.25) is 47.3 Å². The monoisotopic (exact) mass is 1340 g/mol. The summed E-state index contributed by atoms with van der Waals surface area (Å²) in [5.41, 5.74) is 6.12. The first-order valence-corrected chi connectivity index (χ1v) is 33.1. The lowest BCUT2D eigenvalue weighted by Gasteiger charge is -2.45. The molecule has 0 N–H and O–H groups in total. The molecular formula is C76H92F4N8O8. The zero-order valence-electron chi connectivity index (χ0n) is 76.0. The van der Waals surface area contributed by atoms with Crippen molar-refractivity contribution in [1.29, 1.82) is 0 Å². The normalized spacial score (nSPS) is 34.2. The van der Waals surface area contributed by atoms with Crippen LogP contribution in [0.3, 0.4) is 0 Å². The highest BCUT2D eigenvalue weighted by Gasteiger charge is 2.45. The number of fused-ring (bicyclic) bond motifs is 12. The van der Waals surface area contributed by atoms with Crippen LogP contribution in [0.25, 0.3) is 0 Å². The lowest BCUT2D eigenvalue weighted by molar-refractivity contribution is -0.152. The van der Waals surface area contributed by atoms with Gasteiger partial charge in [-0.3, -0.25) is 38.4 Å². The van der Waals surface area contributed by atoms with Crippen molar-refractivity contribution in [1.82, 2.24) is 39.2 Å². The first-order valence-electron chi connectivity index (χ1n) is 44.6. The zero-order chi connectivity index (χ0) is 87.4. The summed E-state index contributed by atoms with van der Waals surface area (Å²) < 4.78 is 242. The Balaban J connectivity index is 0.000000139. The van der Waals surface area contributed by atoms with Crippen LogP contribution in [0.2, 0.25) is 0 Å². The van der Waals surface area contributed by atoms with Gasteiger partial charge in [0.25, 0.3) is 0 Å². The third kappa shape index (κ3) is 14.5. The number of nitrogens with zero attached hydrogens (tertiary/aromatic N) is 8. The first-order chi connectivity index (χ1) is 55.1. The van der Waals surface area contributed by atoms with E-state index in [0.717, 1.165) is 64.8 Å². The smallest absolute Gasteiger partial charge is 0.242 e. The summed E-state index contributed by atoms with van der Waals surface area (Å²) in [5, 5.41) is 0. The van der Waals surface area contributed by atoms with E-state index >= 15 is 0 Å². The van der Waals surface area contributed by atoms with Crippen molar-refractivity contribution in [2.24, 2.45) is 23.6 Å². The molecule has 4 aromatic carbocycles. The van der Waals surface area contributed by atoms with E-state index in [1.165, 1.54) is 70.8 Å². The van der Waals surface area contributed by atoms with Gasteiger partial charge in [-0.2, -0.15) is 0 Å². The molecule has 12 aliphatic rings. The van der Waals surface area contributed by atoms with E-state index < -0.39 is 142 Å². The predicted molar refractivity (Wildman–Crippen MR) is 351 cm³/mol. The van der Waals surface area contributed by atoms with Crippen LogP contribution in [0.5, 0.6) is 0 Å². The highest BCUT2D eigenvalue weighted by atomic mass is 19.1. The molecule has 4 saturated carbocycles. The molecule has 0 spiro atoms. The zero-order valence-corrected chi connectivity index (χ0v) is 53.0. The molecule has 4 atom stereocenters. The molecule has 0 bridgehead atoms. The van der Waals surface area contributed by atoms with Gasteiger partial charge in [0, 0.05) is 108 Å². The third-order valence-electron chi connectivity index (χ3n) is 20.4. The van der Waals surface area contributed by atoms with Crippen molar-refractivity contribution in [3.05, 3.63) is 141 Å². The van der Waals surface area contributed by atoms with Crippen molar-refractivity contribution in [2.45, 2.75) is 178 Å². The van der Waals surface area contributed by atoms with Gasteiger partial charge in [0.05, 0.1) is 50.3 Å². The second-order valence-corrected chi connectivity index (χ2v) is 26.1. The van der Waals surface area contributed by atoms with Crippen molar-refractivity contribution in [3.63, 3.8) is 0 Å². The highest BCUT2D eigenvalue weighted by molar-refractivity contribution is 5.90. The van der Waals surface area contributed by atoms with Crippen molar-refractivity contribution < 1.29 is 87.4 Å². The molecule has 16 nitrogen and oxygen atoms in total. The molecule has 0 radical (unpaired) electrons. The molecule has 8 aliphatic heterocycles. The maximum atomic E-state index is 14.0. The van der Waals surface area contributed by atoms with Gasteiger partial charge in [-0.25, -0.2) is 17.6 Å². The van der Waals surface area contributed by atoms with E-state index in [1.807, 2.05) is 11.0 Å². The van der Waals surface area contributed by atoms with Crippen LogP contribution in [0.15, 0.2) is 72.8 Å². The quantitative estimate of drug-likeness (QED) is 0.182. The number of carbonyl (C=O) groups excluding carboxylic acids is 8. The maximum absolute atomic E-state index is 14.0. The molecule has 96 heavy (non-hydrogen) atoms. The van der Waals surface area contributed by atoms with Crippen molar-refractivity contribution in [3.8, 4) is 0 Å². The molecule has 512 valence electrons. The Bertz CT molecular complexity index is 4690. The Labute approximate surface area is 593 Å². The average Bonchev–Trinajstić information content (AvgIpc) is 0.666. The topological polar surface area (TPSA) is 162 Å². The second-order valence-electron chi connectivity index (χ2n) is 26.1. The van der Waals surface area contributed by atoms with Crippen LogP contribution in [0, 0.1) is 46.9 Å². The van der Waals surface area contributed by atoms with E-state index in [-0.39, 0.29) is 91.9 Å². The largest absolute Gasteiger partial charge is 0.332 e. The molecule has 4 aromatic rings. The summed E-state index contributed by atoms with van der Waals surface area (Å²) in [6, 6.07) is 15.4. The number of piperazine rings is 4. The Hall–Kier alpha value is -7.64. The van der Waals surface area contributed by atoms with Crippen LogP contribution in [0.1, 0.15) is 228 Å². The van der Waals surface area contributed by atoms with Gasteiger partial charge in [0.15, 0.2) is 0 Å². The van der Waals surface area contributed by atoms with Crippen molar-refractivity contribution >= 4 is 47.3 Å². The molecule has 4 aliphatic carbocycles. The van der Waals surface area contributed by atoms with Crippen LogP contribution in [0.4, 0.5) is 17.6 Å². The molecule has 20 heteroatoms. The number of rotatable bonds is 4. The standard InChI is InChI=1S/4C19H23FN2O2/c4*20-15-7-6-13-8-9-22-17(16(13)10-15)11-21(12-18(22)23)19(24)14-4-2-1-3-5-14/h4*6-7,10,14,17H,1-5,8-9,11-12H2/t4*17-/m0000/s1/i1D2,2D2,3D2,4D2,5D2,14D;1D2,2D2,3D2,4D2,5D2;1D2;. The number of amides is 8. The first kappa shape index (κ1) is 44.3. The lowest BCUT2D eigenvalue weighted by atomic mass is 9.86. The van der Waals surface area contributed by atoms with Gasteiger partial charge in [-0.15, -0.1) is 0 Å². The fraction of sp³-hybridized carbons (Fsp3) is 0.579. The molecule has 0 aromatic heterocycles. The van der Waals surface area contributed by atoms with Gasteiger partial charge in [0.1, 0.15) is 23.3 Å². The summed E-state index contributed by atoms with van der Waals surface area (Å²) in [6.07, 6.45) is -28.5. The predicted octanol–water partition coefficient (Wildman–Crippen LogP) is 10.7. The summed E-state index contributed by atoms with van der Waals surface area (Å²) in [5.74, 6) is -12.5. The number of halogens is 4. The van der Waals surface area contributed by atoms with E-state index in [2.05, 4.69) is 0 Å². The minimum absolute atomic E-state index is 0.00896. The molecule has 0 unspecified atom stereocenters. The van der Waals surface area contributed by atoms with E-state index in [0.29, 0.717) is 99.3 Å². The molecule has 4 saturated heterocycles. The van der Waals surface area contributed by atoms with Crippen LogP contribution < -0.4 is 0 Å². The summed E-state index contributed by atoms with van der Waals surface area (Å²) in [6.45, 7) is 1.06. The molecular weight excluding hydrogens is 1230 g/mol. The Morgan fingerprint density at radius 1 is 0.354 bits per heavy atom. The maximum Gasteiger partial charge on any atom is 0.242 e. The van der Waals surface area contributed by atoms with E-state index in [9.17, 15) is 55.9 Å². The van der Waals surface area contributed by atoms with Crippen molar-refractivity contribution in [2.75, 3.05) is 78.5 Å². The number of benzene rings is 4. The van der Waals surface area contributed by atoms with Crippen LogP contribution in [-0.2, 0) is 64.0 Å². The number of hydrogen-bond acceptors (Lipinski definition) is 8. The lowest BCUT2D eigenvalue weighted by Crippen LogP contribution is -2.56. The molecule has 16 rings (SSSR count). The minimum atomic E-state index is -3.85. The van der Waals surface area contributed by atoms with E-state index in [4.69, 9.17) is 31.5 Å². The minimum Gasteiger partial charge on any atom is -0.332 e. The summed E-state index contributed by atoms with van der Waals surface area (Å²) in [7, 11) is 0. The fourth-order valence-corrected chi connectivity index (χ4v) is 15.5. The van der Waals surface area contributed by atoms with Gasteiger partial charge in [-0.05, 0) is 170 Å². The average molecular weight is 1340 g/mol. The number of carbonyl (C=O) groups is 8. The van der Waals surface area contributed by atoms with Gasteiger partial charge < -0.3 is 39.2 Å². The number of hydrogen-bond donors (Lipinski definition) is 0. The SMILES string of the molecule is O=C(C1CCCCC1)N1CC(=O)N2CCc3ccc(F)cc3[C@@H]2C1.[2H]C1([2H])C(C(=O)N2CC(=O)N3CCc4ccc(F)cc4[C@@H]3C2)C([2H])([2H])C([2H])([2H])C([2H])([2H])C1([2H])[2H].[2H]C1([2H])C([2H])([2H])C([2H])([2H])C([2H])(C(=O)N2CC(=O)N3CCc4ccc(F)cc4[C@@H]3C2)C([2H])([2H])C1([2H])[2H].[2H]C1([2H])CCC(C(=O)N2CC(=O)N3CCc4ccc(F)cc4[C@@H]3C2)CC1. The van der Waals surface area contributed by atoms with Crippen LogP contribution >= 0.6 is 0 Å². The van der Waals surface area contributed by atoms with Gasteiger partial charge in [-0.1, -0.05) is 101 Å². The second kappa shape index (κ2) is 29.6. The summed E-state index contributed by atoms with van der Waals surface area (Å²) >= 11 is 0. The molecule has 8 amide bonds.